The van der Waals surface area contributed by atoms with Crippen molar-refractivity contribution in [3.05, 3.63) is 62.6 Å². The van der Waals surface area contributed by atoms with Gasteiger partial charge in [-0.2, -0.15) is 0 Å². The molecule has 0 heterocycles. The third kappa shape index (κ3) is 3.58. The maximum atomic E-state index is 12.2. The number of aryl methyl sites for hydroxylation is 2. The molecule has 98 valence electrons. The van der Waals surface area contributed by atoms with Crippen LogP contribution in [0.15, 0.2) is 40.9 Å². The zero-order valence-corrected chi connectivity index (χ0v) is 13.0. The van der Waals surface area contributed by atoms with Gasteiger partial charge in [-0.3, -0.25) is 4.79 Å². The van der Waals surface area contributed by atoms with Crippen LogP contribution < -0.4 is 5.32 Å². The van der Waals surface area contributed by atoms with Crippen molar-refractivity contribution < 1.29 is 4.79 Å². The van der Waals surface area contributed by atoms with Crippen LogP contribution in [0.25, 0.3) is 0 Å². The maximum absolute atomic E-state index is 12.2. The normalized spacial score (nSPS) is 10.3. The van der Waals surface area contributed by atoms with Crippen LogP contribution in [0.2, 0.25) is 5.02 Å². The van der Waals surface area contributed by atoms with Gasteiger partial charge in [0.25, 0.3) is 5.91 Å². The molecule has 1 amide bonds. The fourth-order valence-electron chi connectivity index (χ4n) is 1.79. The number of benzene rings is 2. The number of anilines is 1. The molecule has 0 saturated carbocycles. The molecule has 4 heteroatoms. The summed E-state index contributed by atoms with van der Waals surface area (Å²) in [5, 5.41) is 3.48. The standard InChI is InChI=1S/C15H13BrClNO/c1-9-5-11(7-12(16)6-9)15(19)18-14-8-13(17)4-3-10(14)2/h3-8H,1-2H3,(H,18,19). The van der Waals surface area contributed by atoms with E-state index >= 15 is 0 Å². The first-order chi connectivity index (χ1) is 8.95. The average Bonchev–Trinajstić information content (AvgIpc) is 2.32. The van der Waals surface area contributed by atoms with E-state index in [2.05, 4.69) is 21.2 Å². The van der Waals surface area contributed by atoms with Gasteiger partial charge in [-0.05, 0) is 55.3 Å². The zero-order valence-electron chi connectivity index (χ0n) is 10.6. The van der Waals surface area contributed by atoms with Gasteiger partial charge in [0.2, 0.25) is 0 Å². The highest BCUT2D eigenvalue weighted by molar-refractivity contribution is 9.10. The van der Waals surface area contributed by atoms with Crippen molar-refractivity contribution in [1.29, 1.82) is 0 Å². The van der Waals surface area contributed by atoms with Gasteiger partial charge in [-0.25, -0.2) is 0 Å². The number of hydrogen-bond donors (Lipinski definition) is 1. The molecule has 2 nitrogen and oxygen atoms in total. The molecule has 0 aliphatic heterocycles. The molecule has 19 heavy (non-hydrogen) atoms. The molecule has 0 spiro atoms. The van der Waals surface area contributed by atoms with Crippen molar-refractivity contribution in [2.24, 2.45) is 0 Å². The van der Waals surface area contributed by atoms with Crippen LogP contribution >= 0.6 is 27.5 Å². The third-order valence-corrected chi connectivity index (χ3v) is 3.45. The van der Waals surface area contributed by atoms with Crippen molar-refractivity contribution in [2.45, 2.75) is 13.8 Å². The quantitative estimate of drug-likeness (QED) is 0.823. The summed E-state index contributed by atoms with van der Waals surface area (Å²) in [6.07, 6.45) is 0. The van der Waals surface area contributed by atoms with Crippen LogP contribution in [0.3, 0.4) is 0 Å². The minimum Gasteiger partial charge on any atom is -0.322 e. The fraction of sp³-hybridized carbons (Fsp3) is 0.133. The highest BCUT2D eigenvalue weighted by atomic mass is 79.9. The summed E-state index contributed by atoms with van der Waals surface area (Å²) in [7, 11) is 0. The lowest BCUT2D eigenvalue weighted by Gasteiger charge is -2.09. The minimum absolute atomic E-state index is 0.144. The van der Waals surface area contributed by atoms with Crippen LogP contribution in [-0.2, 0) is 0 Å². The van der Waals surface area contributed by atoms with Gasteiger partial charge >= 0.3 is 0 Å². The van der Waals surface area contributed by atoms with Crippen LogP contribution in [-0.4, -0.2) is 5.91 Å². The van der Waals surface area contributed by atoms with Crippen LogP contribution in [0, 0.1) is 13.8 Å². The number of halogens is 2. The van der Waals surface area contributed by atoms with E-state index in [-0.39, 0.29) is 5.91 Å². The van der Waals surface area contributed by atoms with E-state index in [1.165, 1.54) is 0 Å². The second-order valence-corrected chi connectivity index (χ2v) is 5.78. The van der Waals surface area contributed by atoms with E-state index in [1.807, 2.05) is 32.0 Å². The largest absolute Gasteiger partial charge is 0.322 e. The number of nitrogens with one attached hydrogen (secondary N) is 1. The Kier molecular flexibility index (Phi) is 4.27. The Morgan fingerprint density at radius 1 is 1.16 bits per heavy atom. The molecule has 0 unspecified atom stereocenters. The molecule has 0 aromatic heterocycles. The maximum Gasteiger partial charge on any atom is 0.255 e. The number of rotatable bonds is 2. The topological polar surface area (TPSA) is 29.1 Å². The molecule has 2 aromatic rings. The summed E-state index contributed by atoms with van der Waals surface area (Å²) >= 11 is 9.33. The fourth-order valence-corrected chi connectivity index (χ4v) is 2.57. The van der Waals surface area contributed by atoms with Gasteiger partial charge in [0.05, 0.1) is 0 Å². The Morgan fingerprint density at radius 2 is 1.89 bits per heavy atom. The van der Waals surface area contributed by atoms with Gasteiger partial charge in [0.1, 0.15) is 0 Å². The Morgan fingerprint density at radius 3 is 2.58 bits per heavy atom. The van der Waals surface area contributed by atoms with Crippen molar-refractivity contribution in [1.82, 2.24) is 0 Å². The smallest absolute Gasteiger partial charge is 0.255 e. The van der Waals surface area contributed by atoms with Crippen molar-refractivity contribution in [2.75, 3.05) is 5.32 Å². The first-order valence-corrected chi connectivity index (χ1v) is 6.97. The van der Waals surface area contributed by atoms with E-state index in [9.17, 15) is 4.79 Å². The van der Waals surface area contributed by atoms with Crippen LogP contribution in [0.4, 0.5) is 5.69 Å². The summed E-state index contributed by atoms with van der Waals surface area (Å²) < 4.78 is 0.889. The molecule has 2 aromatic carbocycles. The van der Waals surface area contributed by atoms with Gasteiger partial charge in [0.15, 0.2) is 0 Å². The zero-order chi connectivity index (χ0) is 14.0. The average molecular weight is 339 g/mol. The first-order valence-electron chi connectivity index (χ1n) is 5.80. The van der Waals surface area contributed by atoms with E-state index in [1.54, 1.807) is 18.2 Å². The second kappa shape index (κ2) is 5.76. The molecule has 0 aliphatic carbocycles. The Hall–Kier alpha value is -1.32. The van der Waals surface area contributed by atoms with Crippen molar-refractivity contribution >= 4 is 39.1 Å². The summed E-state index contributed by atoms with van der Waals surface area (Å²) in [4.78, 5) is 12.2. The van der Waals surface area contributed by atoms with Crippen molar-refractivity contribution in [3.63, 3.8) is 0 Å². The van der Waals surface area contributed by atoms with Gasteiger partial charge in [-0.1, -0.05) is 33.6 Å². The molecular weight excluding hydrogens is 326 g/mol. The first kappa shape index (κ1) is 14.1. The van der Waals surface area contributed by atoms with Crippen LogP contribution in [0.1, 0.15) is 21.5 Å². The highest BCUT2D eigenvalue weighted by Gasteiger charge is 2.09. The molecule has 0 radical (unpaired) electrons. The Balaban J connectivity index is 2.28. The molecule has 1 N–H and O–H groups in total. The second-order valence-electron chi connectivity index (χ2n) is 4.43. The lowest BCUT2D eigenvalue weighted by Crippen LogP contribution is -2.13. The van der Waals surface area contributed by atoms with E-state index in [0.29, 0.717) is 10.6 Å². The summed E-state index contributed by atoms with van der Waals surface area (Å²) in [6.45, 7) is 3.88. The van der Waals surface area contributed by atoms with E-state index in [4.69, 9.17) is 11.6 Å². The number of amides is 1. The molecule has 0 fully saturated rings. The lowest BCUT2D eigenvalue weighted by molar-refractivity contribution is 0.102. The lowest BCUT2D eigenvalue weighted by atomic mass is 10.1. The Bertz CT molecular complexity index is 620. The van der Waals surface area contributed by atoms with Gasteiger partial charge in [0, 0.05) is 20.7 Å². The molecule has 0 aliphatic rings. The number of carbonyl (C=O) groups is 1. The van der Waals surface area contributed by atoms with Gasteiger partial charge < -0.3 is 5.32 Å². The number of hydrogen-bond acceptors (Lipinski definition) is 1. The number of carbonyl (C=O) groups excluding carboxylic acids is 1. The van der Waals surface area contributed by atoms with Crippen molar-refractivity contribution in [3.8, 4) is 0 Å². The third-order valence-electron chi connectivity index (χ3n) is 2.75. The predicted octanol–water partition coefficient (Wildman–Crippen LogP) is 4.97. The highest BCUT2D eigenvalue weighted by Crippen LogP contribution is 2.22. The molecular formula is C15H13BrClNO. The van der Waals surface area contributed by atoms with Gasteiger partial charge in [-0.15, -0.1) is 0 Å². The monoisotopic (exact) mass is 337 g/mol. The Labute approximate surface area is 125 Å². The molecule has 0 atom stereocenters. The summed E-state index contributed by atoms with van der Waals surface area (Å²) in [5.41, 5.74) is 3.35. The summed E-state index contributed by atoms with van der Waals surface area (Å²) in [5.74, 6) is -0.144. The minimum atomic E-state index is -0.144. The van der Waals surface area contributed by atoms with E-state index < -0.39 is 0 Å². The molecule has 0 saturated heterocycles. The van der Waals surface area contributed by atoms with Crippen LogP contribution in [0.5, 0.6) is 0 Å². The van der Waals surface area contributed by atoms with E-state index in [0.717, 1.165) is 21.3 Å². The summed E-state index contributed by atoms with van der Waals surface area (Å²) in [6, 6.07) is 11.0. The molecule has 2 rings (SSSR count). The molecule has 0 bridgehead atoms. The SMILES string of the molecule is Cc1cc(Br)cc(C(=O)Nc2cc(Cl)ccc2C)c1. The predicted molar refractivity (Wildman–Crippen MR) is 83.0 cm³/mol.